The molecule has 5 heteroatoms. The van der Waals surface area contributed by atoms with Crippen LogP contribution in [0.5, 0.6) is 0 Å². The van der Waals surface area contributed by atoms with Crippen LogP contribution >= 0.6 is 0 Å². The average Bonchev–Trinajstić information content (AvgIpc) is 2.43. The molecule has 108 valence electrons. The first-order chi connectivity index (χ1) is 9.79. The summed E-state index contributed by atoms with van der Waals surface area (Å²) in [6.45, 7) is 4.04. The predicted octanol–water partition coefficient (Wildman–Crippen LogP) is 2.68. The van der Waals surface area contributed by atoms with Crippen LogP contribution in [-0.4, -0.2) is 13.0 Å². The summed E-state index contributed by atoms with van der Waals surface area (Å²) in [6, 6.07) is 10.9. The van der Waals surface area contributed by atoms with E-state index in [1.54, 1.807) is 6.07 Å². The summed E-state index contributed by atoms with van der Waals surface area (Å²) in [7, 11) is -2.30. The lowest BCUT2D eigenvalue weighted by atomic mass is 10.0. The summed E-state index contributed by atoms with van der Waals surface area (Å²) in [5.74, 6) is 0. The highest BCUT2D eigenvalue weighted by atomic mass is 32.2. The van der Waals surface area contributed by atoms with Gasteiger partial charge in [0, 0.05) is 22.9 Å². The van der Waals surface area contributed by atoms with Crippen LogP contribution in [0.25, 0.3) is 21.8 Å². The molecule has 0 aliphatic rings. The molecule has 0 fully saturated rings. The first-order valence-corrected chi connectivity index (χ1v) is 8.03. The van der Waals surface area contributed by atoms with Gasteiger partial charge in [-0.25, -0.2) is 0 Å². The van der Waals surface area contributed by atoms with Gasteiger partial charge in [0.2, 0.25) is 11.0 Å². The Bertz CT molecular complexity index is 991. The second-order valence-corrected chi connectivity index (χ2v) is 6.78. The molecule has 0 saturated carbocycles. The van der Waals surface area contributed by atoms with E-state index < -0.39 is 10.1 Å². The van der Waals surface area contributed by atoms with E-state index in [2.05, 4.69) is 18.2 Å². The molecule has 0 aliphatic carbocycles. The number of aromatic nitrogens is 1. The monoisotopic (exact) mass is 302 g/mol. The average molecular weight is 302 g/mol. The highest BCUT2D eigenvalue weighted by Crippen LogP contribution is 2.26. The minimum atomic E-state index is -4.20. The Morgan fingerprint density at radius 3 is 2.14 bits per heavy atom. The van der Waals surface area contributed by atoms with Gasteiger partial charge in [-0.05, 0) is 43.2 Å². The molecule has 1 aromatic heterocycles. The maximum absolute atomic E-state index is 11.3. The van der Waals surface area contributed by atoms with Crippen LogP contribution in [0.2, 0.25) is 0 Å². The number of rotatable bonds is 1. The van der Waals surface area contributed by atoms with Gasteiger partial charge in [-0.1, -0.05) is 6.07 Å². The largest absolute Gasteiger partial charge is 0.294 e. The molecular formula is C16H16NO3S+. The lowest BCUT2D eigenvalue weighted by Crippen LogP contribution is -2.30. The molecular weight excluding hydrogens is 286 g/mol. The van der Waals surface area contributed by atoms with Gasteiger partial charge in [0.05, 0.1) is 0 Å². The first-order valence-electron chi connectivity index (χ1n) is 6.59. The van der Waals surface area contributed by atoms with Gasteiger partial charge < -0.3 is 0 Å². The van der Waals surface area contributed by atoms with Crippen molar-refractivity contribution in [3.63, 3.8) is 0 Å². The van der Waals surface area contributed by atoms with Gasteiger partial charge >= 0.3 is 0 Å². The van der Waals surface area contributed by atoms with E-state index in [1.807, 2.05) is 25.5 Å². The van der Waals surface area contributed by atoms with Crippen LogP contribution in [0, 0.1) is 13.8 Å². The van der Waals surface area contributed by atoms with Crippen molar-refractivity contribution in [1.29, 1.82) is 0 Å². The van der Waals surface area contributed by atoms with Crippen molar-refractivity contribution in [2.45, 2.75) is 18.7 Å². The number of benzene rings is 2. The number of aryl methyl sites for hydroxylation is 3. The number of nitrogens with zero attached hydrogens (tertiary/aromatic N) is 1. The molecule has 1 N–H and O–H groups in total. The van der Waals surface area contributed by atoms with Crippen LogP contribution in [0.4, 0.5) is 0 Å². The normalized spacial score (nSPS) is 12.2. The van der Waals surface area contributed by atoms with E-state index in [0.717, 1.165) is 32.9 Å². The molecule has 0 unspecified atom stereocenters. The Morgan fingerprint density at radius 1 is 0.952 bits per heavy atom. The van der Waals surface area contributed by atoms with Crippen LogP contribution < -0.4 is 4.57 Å². The summed E-state index contributed by atoms with van der Waals surface area (Å²) in [6.07, 6.45) is 0. The minimum absolute atomic E-state index is 0.0861. The summed E-state index contributed by atoms with van der Waals surface area (Å²) in [5.41, 5.74) is 4.05. The van der Waals surface area contributed by atoms with Crippen LogP contribution in [0.1, 0.15) is 11.1 Å². The number of fused-ring (bicyclic) bond motifs is 2. The van der Waals surface area contributed by atoms with Crippen molar-refractivity contribution >= 4 is 31.9 Å². The minimum Gasteiger partial charge on any atom is -0.282 e. The Kier molecular flexibility index (Phi) is 3.00. The van der Waals surface area contributed by atoms with Crippen molar-refractivity contribution in [2.75, 3.05) is 0 Å². The molecule has 0 atom stereocenters. The second kappa shape index (κ2) is 4.51. The second-order valence-electron chi connectivity index (χ2n) is 5.36. The number of hydrogen-bond acceptors (Lipinski definition) is 2. The van der Waals surface area contributed by atoms with Crippen molar-refractivity contribution in [3.8, 4) is 0 Å². The fourth-order valence-electron chi connectivity index (χ4n) is 2.78. The Hall–Kier alpha value is -1.98. The van der Waals surface area contributed by atoms with E-state index >= 15 is 0 Å². The van der Waals surface area contributed by atoms with E-state index in [-0.39, 0.29) is 4.90 Å². The molecule has 0 bridgehead atoms. The van der Waals surface area contributed by atoms with Gasteiger partial charge in [0.25, 0.3) is 10.1 Å². The molecule has 3 rings (SSSR count). The van der Waals surface area contributed by atoms with Crippen molar-refractivity contribution < 1.29 is 17.5 Å². The topological polar surface area (TPSA) is 58.3 Å². The number of hydrogen-bond donors (Lipinski definition) is 1. The van der Waals surface area contributed by atoms with E-state index in [0.29, 0.717) is 0 Å². The van der Waals surface area contributed by atoms with Crippen LogP contribution in [-0.2, 0) is 17.2 Å². The standard InChI is InChI=1S/C16H15NO3S/c1-10-4-6-13-11(2)14-7-5-12(21(18,19)20)9-16(14)17(3)15(13)8-10/h4-9H,1-3H3/p+1. The molecule has 21 heavy (non-hydrogen) atoms. The zero-order valence-electron chi connectivity index (χ0n) is 12.1. The van der Waals surface area contributed by atoms with Gasteiger partial charge in [0.1, 0.15) is 11.9 Å². The Morgan fingerprint density at radius 2 is 1.52 bits per heavy atom. The number of pyridine rings is 1. The Labute approximate surface area is 123 Å². The lowest BCUT2D eigenvalue weighted by molar-refractivity contribution is -0.617. The van der Waals surface area contributed by atoms with Crippen molar-refractivity contribution in [2.24, 2.45) is 7.05 Å². The summed E-state index contributed by atoms with van der Waals surface area (Å²) in [4.78, 5) is -0.0861. The molecule has 2 aromatic carbocycles. The molecule has 0 spiro atoms. The van der Waals surface area contributed by atoms with E-state index in [4.69, 9.17) is 0 Å². The molecule has 0 amide bonds. The summed E-state index contributed by atoms with van der Waals surface area (Å²) >= 11 is 0. The third-order valence-electron chi connectivity index (χ3n) is 3.95. The van der Waals surface area contributed by atoms with Crippen molar-refractivity contribution in [1.82, 2.24) is 0 Å². The quantitative estimate of drug-likeness (QED) is 0.427. The zero-order valence-corrected chi connectivity index (χ0v) is 12.9. The molecule has 4 nitrogen and oxygen atoms in total. The van der Waals surface area contributed by atoms with Gasteiger partial charge in [-0.3, -0.25) is 4.55 Å². The molecule has 1 heterocycles. The third-order valence-corrected chi connectivity index (χ3v) is 4.80. The SMILES string of the molecule is Cc1ccc2c(C)c3ccc(S(=O)(=O)O)cc3[n+](C)c2c1. The van der Waals surface area contributed by atoms with E-state index in [1.165, 1.54) is 12.1 Å². The molecule has 0 radical (unpaired) electrons. The Balaban J connectivity index is 2.53. The molecule has 0 saturated heterocycles. The molecule has 3 aromatic rings. The first kappa shape index (κ1) is 14.0. The van der Waals surface area contributed by atoms with Gasteiger partial charge in [0.15, 0.2) is 0 Å². The predicted molar refractivity (Wildman–Crippen MR) is 81.9 cm³/mol. The molecule has 0 aliphatic heterocycles. The fraction of sp³-hybridized carbons (Fsp3) is 0.188. The van der Waals surface area contributed by atoms with Crippen LogP contribution in [0.3, 0.4) is 0 Å². The van der Waals surface area contributed by atoms with Crippen molar-refractivity contribution in [3.05, 3.63) is 47.5 Å². The zero-order chi connectivity index (χ0) is 15.4. The fourth-order valence-corrected chi connectivity index (χ4v) is 3.28. The van der Waals surface area contributed by atoms with Crippen LogP contribution in [0.15, 0.2) is 41.3 Å². The van der Waals surface area contributed by atoms with Gasteiger partial charge in [-0.2, -0.15) is 13.0 Å². The smallest absolute Gasteiger partial charge is 0.282 e. The summed E-state index contributed by atoms with van der Waals surface area (Å²) < 4.78 is 33.9. The van der Waals surface area contributed by atoms with E-state index in [9.17, 15) is 13.0 Å². The maximum Gasteiger partial charge on any atom is 0.294 e. The summed E-state index contributed by atoms with van der Waals surface area (Å²) in [5, 5.41) is 2.11. The third kappa shape index (κ3) is 2.18. The highest BCUT2D eigenvalue weighted by molar-refractivity contribution is 7.85. The van der Waals surface area contributed by atoms with Gasteiger partial charge in [-0.15, -0.1) is 0 Å². The lowest BCUT2D eigenvalue weighted by Gasteiger charge is -2.08. The highest BCUT2D eigenvalue weighted by Gasteiger charge is 2.19. The maximum atomic E-state index is 11.3.